The Hall–Kier alpha value is -4.97. The minimum Gasteiger partial charge on any atom is -0.331 e. The molecule has 11 heteroatoms. The molecule has 63 heavy (non-hydrogen) atoms. The number of amides is 1. The van der Waals surface area contributed by atoms with E-state index in [4.69, 9.17) is 0 Å². The Bertz CT molecular complexity index is 2080. The highest BCUT2D eigenvalue weighted by Gasteiger charge is 2.32. The van der Waals surface area contributed by atoms with Gasteiger partial charge in [0, 0.05) is 56.9 Å². The van der Waals surface area contributed by atoms with Crippen LogP contribution in [0.15, 0.2) is 133 Å². The monoisotopic (exact) mass is 870 g/mol. The van der Waals surface area contributed by atoms with Crippen molar-refractivity contribution in [2.75, 3.05) is 26.2 Å². The van der Waals surface area contributed by atoms with Gasteiger partial charge in [-0.05, 0) is 116 Å². The summed E-state index contributed by atoms with van der Waals surface area (Å²) in [6, 6.07) is 39.7. The Morgan fingerprint density at radius 1 is 0.571 bits per heavy atom. The van der Waals surface area contributed by atoms with Gasteiger partial charge in [-0.2, -0.15) is 26.3 Å². The van der Waals surface area contributed by atoms with Crippen LogP contribution in [-0.4, -0.2) is 58.9 Å². The van der Waals surface area contributed by atoms with Crippen LogP contribution in [0.5, 0.6) is 0 Å². The second-order valence-electron chi connectivity index (χ2n) is 16.9. The lowest BCUT2D eigenvalue weighted by Crippen LogP contribution is -2.46. The summed E-state index contributed by atoms with van der Waals surface area (Å²) in [4.78, 5) is 20.5. The molecule has 0 aromatic heterocycles. The number of benzene rings is 5. The molecule has 2 aliphatic heterocycles. The Kier molecular flexibility index (Phi) is 17.4. The molecule has 5 nitrogen and oxygen atoms in total. The number of alkyl halides is 6. The van der Waals surface area contributed by atoms with Crippen molar-refractivity contribution in [3.8, 4) is 0 Å². The van der Waals surface area contributed by atoms with Crippen molar-refractivity contribution in [2.45, 2.75) is 109 Å². The molecule has 0 unspecified atom stereocenters. The van der Waals surface area contributed by atoms with Crippen LogP contribution in [0, 0.1) is 0 Å². The molecular weight excluding hydrogens is 811 g/mol. The molecule has 0 radical (unpaired) electrons. The SMILES string of the molecule is CCCCCc1ccc(C(=O)N(Cc2ccc(C(F)(F)F)cc2)C2CCN(Cc3ccccc3)CC2)cc1.FC(F)(F)c1ccc(CNC2CCN(Cc3ccccc3)CC2)cc1. The van der Waals surface area contributed by atoms with Gasteiger partial charge in [0.1, 0.15) is 0 Å². The number of carbonyl (C=O) groups is 1. The van der Waals surface area contributed by atoms with Crippen molar-refractivity contribution in [3.63, 3.8) is 0 Å². The van der Waals surface area contributed by atoms with E-state index in [0.29, 0.717) is 30.3 Å². The van der Waals surface area contributed by atoms with E-state index in [1.54, 1.807) is 12.1 Å². The van der Waals surface area contributed by atoms with E-state index in [0.717, 1.165) is 108 Å². The van der Waals surface area contributed by atoms with E-state index in [-0.39, 0.29) is 11.9 Å². The second-order valence-corrected chi connectivity index (χ2v) is 16.9. The van der Waals surface area contributed by atoms with Gasteiger partial charge in [0.2, 0.25) is 0 Å². The molecule has 0 saturated carbocycles. The Morgan fingerprint density at radius 2 is 1.03 bits per heavy atom. The summed E-state index contributed by atoms with van der Waals surface area (Å²) in [6.45, 7) is 8.75. The first-order valence-electron chi connectivity index (χ1n) is 22.3. The first-order chi connectivity index (χ1) is 30.3. The molecule has 2 fully saturated rings. The van der Waals surface area contributed by atoms with Crippen molar-refractivity contribution in [1.29, 1.82) is 0 Å². The molecule has 5 aromatic carbocycles. The fourth-order valence-corrected chi connectivity index (χ4v) is 8.36. The number of halogens is 6. The Morgan fingerprint density at radius 3 is 1.51 bits per heavy atom. The number of piperidine rings is 2. The molecule has 0 aliphatic carbocycles. The molecule has 0 atom stereocenters. The van der Waals surface area contributed by atoms with Gasteiger partial charge in [-0.15, -0.1) is 0 Å². The third-order valence-electron chi connectivity index (χ3n) is 12.1. The largest absolute Gasteiger partial charge is 0.416 e. The number of nitrogens with zero attached hydrogens (tertiary/aromatic N) is 3. The van der Waals surface area contributed by atoms with E-state index >= 15 is 0 Å². The number of carbonyl (C=O) groups excluding carboxylic acids is 1. The summed E-state index contributed by atoms with van der Waals surface area (Å²) in [5.41, 5.74) is 4.77. The van der Waals surface area contributed by atoms with Crippen LogP contribution in [0.4, 0.5) is 26.3 Å². The van der Waals surface area contributed by atoms with E-state index in [1.165, 1.54) is 41.7 Å². The average molecular weight is 871 g/mol. The first kappa shape index (κ1) is 47.5. The highest BCUT2D eigenvalue weighted by molar-refractivity contribution is 5.94. The fourth-order valence-electron chi connectivity index (χ4n) is 8.36. The van der Waals surface area contributed by atoms with Gasteiger partial charge in [0.25, 0.3) is 5.91 Å². The third-order valence-corrected chi connectivity index (χ3v) is 12.1. The number of hydrogen-bond acceptors (Lipinski definition) is 4. The van der Waals surface area contributed by atoms with Crippen molar-refractivity contribution in [3.05, 3.63) is 178 Å². The summed E-state index contributed by atoms with van der Waals surface area (Å²) >= 11 is 0. The molecule has 336 valence electrons. The van der Waals surface area contributed by atoms with Crippen molar-refractivity contribution < 1.29 is 31.1 Å². The van der Waals surface area contributed by atoms with E-state index in [1.807, 2.05) is 53.4 Å². The quantitative estimate of drug-likeness (QED) is 0.0840. The van der Waals surface area contributed by atoms with Crippen molar-refractivity contribution in [1.82, 2.24) is 20.0 Å². The molecule has 7 rings (SSSR count). The molecule has 2 aliphatic rings. The lowest BCUT2D eigenvalue weighted by molar-refractivity contribution is -0.138. The lowest BCUT2D eigenvalue weighted by atomic mass is 9.99. The van der Waals surface area contributed by atoms with Crippen LogP contribution in [-0.2, 0) is 45.0 Å². The number of aryl methyl sites for hydroxylation is 1. The predicted molar refractivity (Wildman–Crippen MR) is 239 cm³/mol. The number of unbranched alkanes of at least 4 members (excludes halogenated alkanes) is 2. The lowest BCUT2D eigenvalue weighted by Gasteiger charge is -2.39. The van der Waals surface area contributed by atoms with E-state index in [9.17, 15) is 31.1 Å². The van der Waals surface area contributed by atoms with Gasteiger partial charge in [-0.1, -0.05) is 117 Å². The molecule has 1 amide bonds. The van der Waals surface area contributed by atoms with Gasteiger partial charge in [-0.3, -0.25) is 14.6 Å². The molecule has 0 spiro atoms. The summed E-state index contributed by atoms with van der Waals surface area (Å²) < 4.78 is 76.9. The topological polar surface area (TPSA) is 38.8 Å². The van der Waals surface area contributed by atoms with Crippen molar-refractivity contribution >= 4 is 5.91 Å². The zero-order chi connectivity index (χ0) is 44.7. The highest BCUT2D eigenvalue weighted by Crippen LogP contribution is 2.31. The van der Waals surface area contributed by atoms with Gasteiger partial charge >= 0.3 is 12.4 Å². The number of hydrogen-bond donors (Lipinski definition) is 1. The third kappa shape index (κ3) is 15.1. The smallest absolute Gasteiger partial charge is 0.331 e. The van der Waals surface area contributed by atoms with E-state index < -0.39 is 23.5 Å². The zero-order valence-electron chi connectivity index (χ0n) is 36.2. The predicted octanol–water partition coefficient (Wildman–Crippen LogP) is 12.2. The molecule has 1 N–H and O–H groups in total. The molecule has 0 bridgehead atoms. The van der Waals surface area contributed by atoms with Crippen molar-refractivity contribution in [2.24, 2.45) is 0 Å². The number of rotatable bonds is 15. The first-order valence-corrected chi connectivity index (χ1v) is 22.3. The minimum atomic E-state index is -4.38. The standard InChI is InChI=1S/C32H37F3N2O.C20H23F3N2/c1-2-3-5-8-25-11-15-28(16-12-25)31(38)37(24-27-13-17-29(18-14-27)32(33,34)35)30-19-21-36(22-20-30)23-26-9-6-4-7-10-26;21-20(22,23)18-8-6-16(7-9-18)14-24-19-10-12-25(13-11-19)15-17-4-2-1-3-5-17/h4,6-7,9-18,30H,2-3,5,8,19-24H2,1H3;1-9,19,24H,10-15H2. The molecular formula is C52H60F6N4O. The molecule has 2 heterocycles. The van der Waals surface area contributed by atoms with E-state index in [2.05, 4.69) is 58.4 Å². The Labute approximate surface area is 369 Å². The van der Waals surface area contributed by atoms with Gasteiger partial charge in [0.15, 0.2) is 0 Å². The van der Waals surface area contributed by atoms with Crippen LogP contribution >= 0.6 is 0 Å². The Balaban J connectivity index is 0.000000228. The number of likely N-dealkylation sites (tertiary alicyclic amines) is 2. The molecule has 2 saturated heterocycles. The minimum absolute atomic E-state index is 0.0287. The summed E-state index contributed by atoms with van der Waals surface area (Å²) in [6.07, 6.45) is -0.382. The maximum absolute atomic E-state index is 13.8. The number of nitrogens with one attached hydrogen (secondary N) is 1. The summed E-state index contributed by atoms with van der Waals surface area (Å²) in [5.74, 6) is -0.0634. The highest BCUT2D eigenvalue weighted by atomic mass is 19.4. The maximum atomic E-state index is 13.8. The normalized spacial score (nSPS) is 15.7. The zero-order valence-corrected chi connectivity index (χ0v) is 36.2. The van der Waals surface area contributed by atoms with Gasteiger partial charge in [0.05, 0.1) is 11.1 Å². The molecule has 5 aromatic rings. The average Bonchev–Trinajstić information content (AvgIpc) is 3.29. The maximum Gasteiger partial charge on any atom is 0.416 e. The van der Waals surface area contributed by atoms with Crippen LogP contribution in [0.25, 0.3) is 0 Å². The second kappa shape index (κ2) is 23.1. The van der Waals surface area contributed by atoms with Crippen LogP contribution in [0.2, 0.25) is 0 Å². The van der Waals surface area contributed by atoms with Gasteiger partial charge in [-0.25, -0.2) is 0 Å². The summed E-state index contributed by atoms with van der Waals surface area (Å²) in [7, 11) is 0. The summed E-state index contributed by atoms with van der Waals surface area (Å²) in [5, 5.41) is 3.47. The fraction of sp³-hybridized carbons (Fsp3) is 0.404. The van der Waals surface area contributed by atoms with Crippen LogP contribution in [0.3, 0.4) is 0 Å². The van der Waals surface area contributed by atoms with Gasteiger partial charge < -0.3 is 10.2 Å². The van der Waals surface area contributed by atoms with Crippen LogP contribution in [0.1, 0.15) is 101 Å². The van der Waals surface area contributed by atoms with Crippen LogP contribution < -0.4 is 5.32 Å².